The molecule has 0 unspecified atom stereocenters. The summed E-state index contributed by atoms with van der Waals surface area (Å²) >= 11 is 0. The van der Waals surface area contributed by atoms with Gasteiger partial charge in [-0.15, -0.1) is 0 Å². The smallest absolute Gasteiger partial charge is 0.143 e. The van der Waals surface area contributed by atoms with Crippen LogP contribution < -0.4 is 0 Å². The summed E-state index contributed by atoms with van der Waals surface area (Å²) in [6.07, 6.45) is 8.43. The maximum atomic E-state index is 5.63. The minimum Gasteiger partial charge on any atom is -0.361 e. The van der Waals surface area contributed by atoms with Crippen molar-refractivity contribution >= 4 is 0 Å². The number of rotatable bonds is 2. The molecule has 128 valence electrons. The largest absolute Gasteiger partial charge is 0.361 e. The van der Waals surface area contributed by atoms with Crippen molar-refractivity contribution in [3.63, 3.8) is 0 Å². The predicted octanol–water partition coefficient (Wildman–Crippen LogP) is 3.81. The Morgan fingerprint density at radius 3 is 2.92 bits per heavy atom. The minimum atomic E-state index is 0.0359. The molecule has 0 saturated heterocycles. The van der Waals surface area contributed by atoms with Gasteiger partial charge in [0, 0.05) is 30.1 Å². The number of nitrogens with zero attached hydrogens (tertiary/aromatic N) is 3. The number of hydrogen-bond acceptors (Lipinski definition) is 3. The number of aromatic nitrogens is 3. The molecule has 2 aliphatic carbocycles. The van der Waals surface area contributed by atoms with E-state index in [2.05, 4.69) is 48.6 Å². The van der Waals surface area contributed by atoms with Crippen LogP contribution in [0.3, 0.4) is 0 Å². The van der Waals surface area contributed by atoms with E-state index in [0.717, 1.165) is 25.0 Å². The molecule has 2 aliphatic rings. The molecule has 25 heavy (non-hydrogen) atoms. The lowest BCUT2D eigenvalue weighted by atomic mass is 9.54. The Hall–Kier alpha value is -2.36. The molecule has 4 heteroatoms. The molecule has 0 amide bonds. The lowest BCUT2D eigenvalue weighted by Crippen LogP contribution is -2.48. The third-order valence-electron chi connectivity index (χ3n) is 6.37. The van der Waals surface area contributed by atoms with Crippen LogP contribution in [0.2, 0.25) is 0 Å². The van der Waals surface area contributed by atoms with Crippen molar-refractivity contribution in [1.82, 2.24) is 14.9 Å². The highest BCUT2D eigenvalue weighted by Crippen LogP contribution is 2.54. The van der Waals surface area contributed by atoms with Gasteiger partial charge in [-0.05, 0) is 42.7 Å². The van der Waals surface area contributed by atoms with Crippen molar-refractivity contribution in [3.05, 3.63) is 70.9 Å². The van der Waals surface area contributed by atoms with Gasteiger partial charge in [0.1, 0.15) is 5.76 Å². The fourth-order valence-electron chi connectivity index (χ4n) is 5.38. The monoisotopic (exact) mass is 333 g/mol. The van der Waals surface area contributed by atoms with E-state index in [4.69, 9.17) is 9.62 Å². The zero-order valence-electron chi connectivity index (χ0n) is 14.8. The maximum absolute atomic E-state index is 5.63. The van der Waals surface area contributed by atoms with E-state index >= 15 is 0 Å². The SMILES string of the molecule is C[C@@H]1c2oncc2C[C@]2(Cc3ccccc3)c3nn(C)cc3CC[C@@H]12. The van der Waals surface area contributed by atoms with E-state index in [-0.39, 0.29) is 5.41 Å². The first-order chi connectivity index (χ1) is 12.2. The fourth-order valence-corrected chi connectivity index (χ4v) is 5.38. The Bertz CT molecular complexity index is 910. The van der Waals surface area contributed by atoms with Gasteiger partial charge in [0.05, 0.1) is 11.9 Å². The highest BCUT2D eigenvalue weighted by molar-refractivity contribution is 5.41. The maximum Gasteiger partial charge on any atom is 0.143 e. The number of hydrogen-bond donors (Lipinski definition) is 0. The van der Waals surface area contributed by atoms with Gasteiger partial charge < -0.3 is 4.52 Å². The second kappa shape index (κ2) is 5.32. The summed E-state index contributed by atoms with van der Waals surface area (Å²) in [6.45, 7) is 2.31. The van der Waals surface area contributed by atoms with Gasteiger partial charge in [0.2, 0.25) is 0 Å². The second-order valence-electron chi connectivity index (χ2n) is 7.82. The molecule has 3 atom stereocenters. The molecule has 3 aromatic rings. The summed E-state index contributed by atoms with van der Waals surface area (Å²) in [5.74, 6) is 2.01. The van der Waals surface area contributed by atoms with E-state index in [9.17, 15) is 0 Å². The first-order valence-electron chi connectivity index (χ1n) is 9.18. The molecule has 4 nitrogen and oxygen atoms in total. The molecule has 0 radical (unpaired) electrons. The number of aryl methyl sites for hydroxylation is 2. The van der Waals surface area contributed by atoms with Crippen LogP contribution in [0.4, 0.5) is 0 Å². The Morgan fingerprint density at radius 1 is 1.24 bits per heavy atom. The summed E-state index contributed by atoms with van der Waals surface area (Å²) in [4.78, 5) is 0. The van der Waals surface area contributed by atoms with Gasteiger partial charge in [-0.2, -0.15) is 5.10 Å². The molecule has 0 N–H and O–H groups in total. The van der Waals surface area contributed by atoms with Gasteiger partial charge >= 0.3 is 0 Å². The third kappa shape index (κ3) is 2.13. The summed E-state index contributed by atoms with van der Waals surface area (Å²) < 4.78 is 7.62. The zero-order valence-corrected chi connectivity index (χ0v) is 14.8. The van der Waals surface area contributed by atoms with Gasteiger partial charge in [0.25, 0.3) is 0 Å². The zero-order chi connectivity index (χ0) is 17.0. The van der Waals surface area contributed by atoms with Crippen LogP contribution in [0.25, 0.3) is 0 Å². The lowest BCUT2D eigenvalue weighted by Gasteiger charge is -2.48. The molecule has 0 aliphatic heterocycles. The van der Waals surface area contributed by atoms with Crippen LogP contribution >= 0.6 is 0 Å². The van der Waals surface area contributed by atoms with Crippen LogP contribution in [0.5, 0.6) is 0 Å². The quantitative estimate of drug-likeness (QED) is 0.716. The average Bonchev–Trinajstić information content (AvgIpc) is 3.22. The molecular formula is C21H23N3O. The summed E-state index contributed by atoms with van der Waals surface area (Å²) in [6, 6.07) is 10.9. The van der Waals surface area contributed by atoms with Gasteiger partial charge in [-0.1, -0.05) is 42.4 Å². The number of fused-ring (bicyclic) bond motifs is 4. The van der Waals surface area contributed by atoms with Gasteiger partial charge in [-0.3, -0.25) is 4.68 Å². The molecule has 0 bridgehead atoms. The normalized spacial score (nSPS) is 27.4. The number of benzene rings is 1. The Morgan fingerprint density at radius 2 is 2.08 bits per heavy atom. The van der Waals surface area contributed by atoms with Crippen LogP contribution in [0.15, 0.2) is 47.2 Å². The van der Waals surface area contributed by atoms with Crippen molar-refractivity contribution < 1.29 is 4.52 Å². The molecule has 5 rings (SSSR count). The standard InChI is InChI=1S/C21H23N3O/c1-14-18-9-8-16-13-24(2)23-20(16)21(18,10-15-6-4-3-5-7-15)11-17-12-22-25-19(14)17/h3-7,12-14,18H,8-11H2,1-2H3/t14-,18-,21-/m0/s1. The Labute approximate surface area is 147 Å². The van der Waals surface area contributed by atoms with Crippen LogP contribution in [0.1, 0.15) is 47.4 Å². The minimum absolute atomic E-state index is 0.0359. The van der Waals surface area contributed by atoms with Gasteiger partial charge in [-0.25, -0.2) is 0 Å². The molecule has 0 fully saturated rings. The van der Waals surface area contributed by atoms with Crippen molar-refractivity contribution in [2.24, 2.45) is 13.0 Å². The van der Waals surface area contributed by atoms with E-state index in [1.165, 1.54) is 28.8 Å². The Balaban J connectivity index is 1.71. The first-order valence-corrected chi connectivity index (χ1v) is 9.18. The predicted molar refractivity (Wildman–Crippen MR) is 95.5 cm³/mol. The molecule has 2 aromatic heterocycles. The molecule has 0 spiro atoms. The van der Waals surface area contributed by atoms with Crippen molar-refractivity contribution in [1.29, 1.82) is 0 Å². The van der Waals surface area contributed by atoms with E-state index in [1.807, 2.05) is 17.9 Å². The summed E-state index contributed by atoms with van der Waals surface area (Å²) in [7, 11) is 2.04. The lowest BCUT2D eigenvalue weighted by molar-refractivity contribution is 0.155. The van der Waals surface area contributed by atoms with Crippen molar-refractivity contribution in [2.75, 3.05) is 0 Å². The van der Waals surface area contributed by atoms with Gasteiger partial charge in [0.15, 0.2) is 0 Å². The Kier molecular flexibility index (Phi) is 3.18. The fraction of sp³-hybridized carbons (Fsp3) is 0.429. The van der Waals surface area contributed by atoms with E-state index in [0.29, 0.717) is 11.8 Å². The second-order valence-corrected chi connectivity index (χ2v) is 7.82. The molecular weight excluding hydrogens is 310 g/mol. The van der Waals surface area contributed by atoms with E-state index < -0.39 is 0 Å². The summed E-state index contributed by atoms with van der Waals surface area (Å²) in [5, 5.41) is 9.07. The highest BCUT2D eigenvalue weighted by Gasteiger charge is 2.53. The van der Waals surface area contributed by atoms with E-state index in [1.54, 1.807) is 0 Å². The van der Waals surface area contributed by atoms with Crippen molar-refractivity contribution in [2.45, 2.75) is 43.9 Å². The van der Waals surface area contributed by atoms with Crippen LogP contribution in [-0.4, -0.2) is 14.9 Å². The third-order valence-corrected chi connectivity index (χ3v) is 6.37. The van der Waals surface area contributed by atoms with Crippen LogP contribution in [0, 0.1) is 5.92 Å². The molecule has 2 heterocycles. The highest BCUT2D eigenvalue weighted by atomic mass is 16.5. The van der Waals surface area contributed by atoms with Crippen LogP contribution in [-0.2, 0) is 31.7 Å². The van der Waals surface area contributed by atoms with Crippen molar-refractivity contribution in [3.8, 4) is 0 Å². The summed E-state index contributed by atoms with van der Waals surface area (Å²) in [5.41, 5.74) is 5.40. The molecule has 1 aromatic carbocycles. The first kappa shape index (κ1) is 14.9. The topological polar surface area (TPSA) is 43.9 Å². The average molecular weight is 333 g/mol. The molecule has 0 saturated carbocycles.